The van der Waals surface area contributed by atoms with E-state index >= 15 is 0 Å². The van der Waals surface area contributed by atoms with E-state index < -0.39 is 0 Å². The predicted octanol–water partition coefficient (Wildman–Crippen LogP) is 6.19. The molecule has 2 aromatic rings. The number of fused-ring (bicyclic) bond motifs is 3. The van der Waals surface area contributed by atoms with Crippen molar-refractivity contribution in [3.8, 4) is 5.75 Å². The summed E-state index contributed by atoms with van der Waals surface area (Å²) in [5, 5.41) is 11.2. The molecule has 1 heterocycles. The highest BCUT2D eigenvalue weighted by Crippen LogP contribution is 2.48. The molecule has 2 saturated carbocycles. The third-order valence-corrected chi connectivity index (χ3v) is 10.5. The van der Waals surface area contributed by atoms with E-state index in [-0.39, 0.29) is 23.6 Å². The first-order valence-electron chi connectivity index (χ1n) is 15.0. The Morgan fingerprint density at radius 3 is 2.77 bits per heavy atom. The summed E-state index contributed by atoms with van der Waals surface area (Å²) >= 11 is 6.41. The Morgan fingerprint density at radius 1 is 1.15 bits per heavy atom. The molecule has 3 aliphatic carbocycles. The van der Waals surface area contributed by atoms with Gasteiger partial charge in [-0.3, -0.25) is 0 Å². The summed E-state index contributed by atoms with van der Waals surface area (Å²) < 4.78 is 17.8. The van der Waals surface area contributed by atoms with Crippen molar-refractivity contribution in [2.75, 3.05) is 38.8 Å². The molecule has 6 rings (SSSR count). The molecule has 0 radical (unpaired) electrons. The molecule has 0 amide bonds. The van der Waals surface area contributed by atoms with Crippen LogP contribution in [0, 0.1) is 17.8 Å². The number of aliphatic hydroxyl groups is 1. The van der Waals surface area contributed by atoms with E-state index in [4.69, 9.17) is 25.8 Å². The number of ether oxygens (including phenoxy) is 3. The molecular formula is C33H42ClNO5. The van der Waals surface area contributed by atoms with E-state index in [1.165, 1.54) is 18.2 Å². The maximum Gasteiger partial charge on any atom is 0.337 e. The van der Waals surface area contributed by atoms with E-state index in [2.05, 4.69) is 17.0 Å². The Morgan fingerprint density at radius 2 is 2.02 bits per heavy atom. The molecular weight excluding hydrogens is 526 g/mol. The summed E-state index contributed by atoms with van der Waals surface area (Å²) in [6.45, 7) is 2.30. The van der Waals surface area contributed by atoms with Gasteiger partial charge < -0.3 is 24.2 Å². The quantitative estimate of drug-likeness (QED) is 0.420. The van der Waals surface area contributed by atoms with Crippen LogP contribution >= 0.6 is 11.6 Å². The second-order valence-electron chi connectivity index (χ2n) is 12.6. The van der Waals surface area contributed by atoms with Gasteiger partial charge in [0.1, 0.15) is 5.75 Å². The van der Waals surface area contributed by atoms with Gasteiger partial charge in [-0.15, -0.1) is 0 Å². The fraction of sp³-hybridized carbons (Fsp3) is 0.606. The number of carbonyl (C=O) groups is 1. The average molecular weight is 568 g/mol. The fourth-order valence-corrected chi connectivity index (χ4v) is 8.31. The number of anilines is 1. The minimum absolute atomic E-state index is 0.157. The molecule has 1 N–H and O–H groups in total. The first kappa shape index (κ1) is 27.9. The number of carbonyl (C=O) groups excluding carboxylic acids is 1. The number of halogens is 1. The lowest BCUT2D eigenvalue weighted by Crippen LogP contribution is -2.51. The summed E-state index contributed by atoms with van der Waals surface area (Å²) in [6, 6.07) is 12.0. The SMILES string of the molecule is COC(=O)c1ccc2c(c1)N(C[C@@H]1CC[C@H]1C(OC)[C@H]1CCC[C@@H](O)C1)C[C@@]1(CCCc3cc(Cl)ccc31)CO2. The lowest BCUT2D eigenvalue weighted by molar-refractivity contribution is -0.0721. The molecule has 40 heavy (non-hydrogen) atoms. The number of esters is 1. The van der Waals surface area contributed by atoms with E-state index in [1.807, 2.05) is 25.3 Å². The number of benzene rings is 2. The van der Waals surface area contributed by atoms with Crippen molar-refractivity contribution in [2.45, 2.75) is 75.4 Å². The van der Waals surface area contributed by atoms with Crippen LogP contribution < -0.4 is 9.64 Å². The van der Waals surface area contributed by atoms with Gasteiger partial charge >= 0.3 is 5.97 Å². The molecule has 216 valence electrons. The van der Waals surface area contributed by atoms with Crippen LogP contribution in [0.2, 0.25) is 5.02 Å². The number of aliphatic hydroxyl groups excluding tert-OH is 1. The molecule has 4 aliphatic rings. The standard InChI is InChI=1S/C33H42ClNO5/c1-38-31(22-5-3-7-26(36)16-22)27-11-8-24(27)18-35-19-33(14-4-6-21-15-25(34)10-12-28(21)33)20-40-30-13-9-23(17-29(30)35)32(37)39-2/h9-10,12-13,15,17,22,24,26-27,31,36H,3-8,11,14,16,18-20H2,1-2H3/t22-,24-,26+,27+,31?,33-/m0/s1. The summed E-state index contributed by atoms with van der Waals surface area (Å²) in [7, 11) is 3.27. The van der Waals surface area contributed by atoms with Gasteiger partial charge in [-0.1, -0.05) is 24.1 Å². The van der Waals surface area contributed by atoms with Gasteiger partial charge in [0.2, 0.25) is 0 Å². The number of hydrogen-bond acceptors (Lipinski definition) is 6. The highest BCUT2D eigenvalue weighted by atomic mass is 35.5. The fourth-order valence-electron chi connectivity index (χ4n) is 8.11. The highest BCUT2D eigenvalue weighted by Gasteiger charge is 2.46. The number of nitrogens with zero attached hydrogens (tertiary/aromatic N) is 1. The van der Waals surface area contributed by atoms with E-state index in [1.54, 1.807) is 6.07 Å². The lowest BCUT2D eigenvalue weighted by Gasteiger charge is -2.48. The summed E-state index contributed by atoms with van der Waals surface area (Å²) in [6.07, 6.45) is 9.39. The van der Waals surface area contributed by atoms with Gasteiger partial charge in [0.05, 0.1) is 37.2 Å². The minimum Gasteiger partial charge on any atom is -0.490 e. The molecule has 0 saturated heterocycles. The summed E-state index contributed by atoms with van der Waals surface area (Å²) in [4.78, 5) is 15.0. The molecule has 2 fully saturated rings. The normalized spacial score (nSPS) is 30.4. The van der Waals surface area contributed by atoms with Crippen molar-refractivity contribution in [2.24, 2.45) is 17.8 Å². The predicted molar refractivity (Wildman–Crippen MR) is 157 cm³/mol. The Hall–Kier alpha value is -2.28. The number of aryl methyl sites for hydroxylation is 1. The van der Waals surface area contributed by atoms with Gasteiger partial charge in [0, 0.05) is 30.6 Å². The van der Waals surface area contributed by atoms with Crippen molar-refractivity contribution in [3.05, 3.63) is 58.1 Å². The van der Waals surface area contributed by atoms with Gasteiger partial charge in [0.25, 0.3) is 0 Å². The first-order chi connectivity index (χ1) is 19.4. The molecule has 0 bridgehead atoms. The van der Waals surface area contributed by atoms with E-state index in [0.717, 1.165) is 87.3 Å². The van der Waals surface area contributed by atoms with Crippen LogP contribution in [-0.2, 0) is 21.3 Å². The van der Waals surface area contributed by atoms with Gasteiger partial charge in [-0.2, -0.15) is 0 Å². The second-order valence-corrected chi connectivity index (χ2v) is 13.0. The highest BCUT2D eigenvalue weighted by molar-refractivity contribution is 6.30. The smallest absolute Gasteiger partial charge is 0.337 e. The van der Waals surface area contributed by atoms with Crippen LogP contribution in [0.5, 0.6) is 5.75 Å². The third-order valence-electron chi connectivity index (χ3n) is 10.2. The second kappa shape index (κ2) is 11.5. The molecule has 1 spiro atoms. The van der Waals surface area contributed by atoms with E-state index in [0.29, 0.717) is 29.9 Å². The van der Waals surface area contributed by atoms with Crippen LogP contribution in [0.3, 0.4) is 0 Å². The Balaban J connectivity index is 1.33. The maximum atomic E-state index is 12.5. The van der Waals surface area contributed by atoms with Crippen molar-refractivity contribution in [1.29, 1.82) is 0 Å². The zero-order chi connectivity index (χ0) is 27.9. The zero-order valence-corrected chi connectivity index (χ0v) is 24.5. The Kier molecular flexibility index (Phi) is 8.04. The topological polar surface area (TPSA) is 68.2 Å². The van der Waals surface area contributed by atoms with Crippen molar-refractivity contribution < 1.29 is 24.1 Å². The maximum absolute atomic E-state index is 12.5. The van der Waals surface area contributed by atoms with Crippen LogP contribution in [0.15, 0.2) is 36.4 Å². The molecule has 0 aromatic heterocycles. The van der Waals surface area contributed by atoms with Crippen molar-refractivity contribution in [1.82, 2.24) is 0 Å². The molecule has 1 aliphatic heterocycles. The molecule has 1 unspecified atom stereocenters. The number of rotatable bonds is 6. The largest absolute Gasteiger partial charge is 0.490 e. The van der Waals surface area contributed by atoms with Crippen LogP contribution in [0.4, 0.5) is 5.69 Å². The first-order valence-corrected chi connectivity index (χ1v) is 15.4. The summed E-state index contributed by atoms with van der Waals surface area (Å²) in [5.41, 5.74) is 4.01. The van der Waals surface area contributed by atoms with Crippen molar-refractivity contribution in [3.63, 3.8) is 0 Å². The Bertz CT molecular complexity index is 1240. The molecule has 2 aromatic carbocycles. The number of hydrogen-bond donors (Lipinski definition) is 1. The van der Waals surface area contributed by atoms with E-state index in [9.17, 15) is 9.90 Å². The number of methoxy groups -OCH3 is 2. The van der Waals surface area contributed by atoms with Crippen LogP contribution in [0.1, 0.15) is 72.9 Å². The Labute approximate surface area is 242 Å². The summed E-state index contributed by atoms with van der Waals surface area (Å²) in [5.74, 6) is 1.83. The molecule has 7 heteroatoms. The van der Waals surface area contributed by atoms with Crippen LogP contribution in [0.25, 0.3) is 0 Å². The monoisotopic (exact) mass is 567 g/mol. The van der Waals surface area contributed by atoms with Crippen molar-refractivity contribution >= 4 is 23.3 Å². The van der Waals surface area contributed by atoms with Gasteiger partial charge in [-0.05, 0) is 111 Å². The minimum atomic E-state index is -0.337. The zero-order valence-electron chi connectivity index (χ0n) is 23.7. The molecule has 6 atom stereocenters. The van der Waals surface area contributed by atoms with Gasteiger partial charge in [-0.25, -0.2) is 4.79 Å². The van der Waals surface area contributed by atoms with Gasteiger partial charge in [0.15, 0.2) is 0 Å². The lowest BCUT2D eigenvalue weighted by atomic mass is 9.65. The van der Waals surface area contributed by atoms with Crippen LogP contribution in [-0.4, -0.2) is 57.2 Å². The third kappa shape index (κ3) is 5.23. The molecule has 6 nitrogen and oxygen atoms in total. The average Bonchev–Trinajstić information content (AvgIpc) is 3.10.